The van der Waals surface area contributed by atoms with Gasteiger partial charge < -0.3 is 15.2 Å². The van der Waals surface area contributed by atoms with Crippen molar-refractivity contribution in [3.63, 3.8) is 0 Å². The molecule has 1 unspecified atom stereocenters. The van der Waals surface area contributed by atoms with E-state index in [0.29, 0.717) is 34.5 Å². The van der Waals surface area contributed by atoms with Crippen molar-refractivity contribution in [3.05, 3.63) is 22.2 Å². The van der Waals surface area contributed by atoms with E-state index in [1.54, 1.807) is 19.2 Å². The van der Waals surface area contributed by atoms with E-state index >= 15 is 0 Å². The molecule has 106 valence electrons. The number of benzene rings is 1. The van der Waals surface area contributed by atoms with Gasteiger partial charge in [0.1, 0.15) is 16.0 Å². The average Bonchev–Trinajstić information content (AvgIpc) is 2.43. The Bertz CT molecular complexity index is 445. The summed E-state index contributed by atoms with van der Waals surface area (Å²) >= 11 is 3.39. The summed E-state index contributed by atoms with van der Waals surface area (Å²) in [6, 6.07) is 3.48. The van der Waals surface area contributed by atoms with Crippen LogP contribution < -0.4 is 15.2 Å². The summed E-state index contributed by atoms with van der Waals surface area (Å²) in [7, 11) is 3.11. The van der Waals surface area contributed by atoms with Gasteiger partial charge in [0.15, 0.2) is 5.78 Å². The Morgan fingerprint density at radius 3 is 2.53 bits per heavy atom. The van der Waals surface area contributed by atoms with E-state index in [-0.39, 0.29) is 11.7 Å². The standard InChI is InChI=1S/C14H20BrNO3/c1-4-9(8-16)7-11(17)10-5-6-12(18-2)13(15)14(10)19-3/h5-6,9H,4,7-8,16H2,1-3H3. The number of methoxy groups -OCH3 is 2. The van der Waals surface area contributed by atoms with Crippen LogP contribution in [0.1, 0.15) is 30.1 Å². The smallest absolute Gasteiger partial charge is 0.166 e. The Labute approximate surface area is 122 Å². The molecule has 0 aromatic heterocycles. The lowest BCUT2D eigenvalue weighted by Crippen LogP contribution is -2.18. The van der Waals surface area contributed by atoms with E-state index in [2.05, 4.69) is 15.9 Å². The third-order valence-corrected chi connectivity index (χ3v) is 3.92. The third-order valence-electron chi connectivity index (χ3n) is 3.17. The Balaban J connectivity index is 3.06. The number of hydrogen-bond donors (Lipinski definition) is 1. The van der Waals surface area contributed by atoms with Gasteiger partial charge in [-0.1, -0.05) is 13.3 Å². The highest BCUT2D eigenvalue weighted by Gasteiger charge is 2.20. The summed E-state index contributed by atoms with van der Waals surface area (Å²) in [6.45, 7) is 2.55. The van der Waals surface area contributed by atoms with Crippen molar-refractivity contribution in [1.29, 1.82) is 0 Å². The number of hydrogen-bond acceptors (Lipinski definition) is 4. The normalized spacial score (nSPS) is 12.1. The highest BCUT2D eigenvalue weighted by molar-refractivity contribution is 9.10. The van der Waals surface area contributed by atoms with Crippen LogP contribution in [0.2, 0.25) is 0 Å². The van der Waals surface area contributed by atoms with E-state index in [0.717, 1.165) is 6.42 Å². The van der Waals surface area contributed by atoms with Crippen LogP contribution in [-0.4, -0.2) is 26.5 Å². The molecular formula is C14H20BrNO3. The molecule has 2 N–H and O–H groups in total. The van der Waals surface area contributed by atoms with Crippen molar-refractivity contribution in [2.75, 3.05) is 20.8 Å². The minimum absolute atomic E-state index is 0.0394. The van der Waals surface area contributed by atoms with E-state index < -0.39 is 0 Å². The maximum Gasteiger partial charge on any atom is 0.166 e. The second kappa shape index (κ2) is 7.50. The SMILES string of the molecule is CCC(CN)CC(=O)c1ccc(OC)c(Br)c1OC. The van der Waals surface area contributed by atoms with Crippen molar-refractivity contribution in [2.24, 2.45) is 11.7 Å². The van der Waals surface area contributed by atoms with Crippen molar-refractivity contribution < 1.29 is 14.3 Å². The lowest BCUT2D eigenvalue weighted by Gasteiger charge is -2.15. The molecule has 5 heteroatoms. The van der Waals surface area contributed by atoms with E-state index in [4.69, 9.17) is 15.2 Å². The average molecular weight is 330 g/mol. The van der Waals surface area contributed by atoms with Crippen LogP contribution in [0.25, 0.3) is 0 Å². The number of rotatable bonds is 7. The molecule has 0 fully saturated rings. The first kappa shape index (κ1) is 16.0. The summed E-state index contributed by atoms with van der Waals surface area (Å²) < 4.78 is 11.2. The number of nitrogens with two attached hydrogens (primary N) is 1. The summed E-state index contributed by atoms with van der Waals surface area (Å²) in [4.78, 5) is 12.3. The molecule has 0 bridgehead atoms. The zero-order valence-electron chi connectivity index (χ0n) is 11.5. The zero-order chi connectivity index (χ0) is 14.4. The molecule has 0 aliphatic heterocycles. The fourth-order valence-corrected chi connectivity index (χ4v) is 2.55. The number of ether oxygens (including phenoxy) is 2. The highest BCUT2D eigenvalue weighted by atomic mass is 79.9. The van der Waals surface area contributed by atoms with E-state index in [1.165, 1.54) is 7.11 Å². The molecule has 4 nitrogen and oxygen atoms in total. The Kier molecular flexibility index (Phi) is 6.31. The monoisotopic (exact) mass is 329 g/mol. The maximum absolute atomic E-state index is 12.3. The van der Waals surface area contributed by atoms with Crippen molar-refractivity contribution >= 4 is 21.7 Å². The highest BCUT2D eigenvalue weighted by Crippen LogP contribution is 2.37. The molecule has 1 aromatic rings. The van der Waals surface area contributed by atoms with Crippen LogP contribution in [0.5, 0.6) is 11.5 Å². The largest absolute Gasteiger partial charge is 0.495 e. The molecule has 0 saturated heterocycles. The number of ketones is 1. The molecule has 1 aromatic carbocycles. The molecule has 1 atom stereocenters. The van der Waals surface area contributed by atoms with Gasteiger partial charge in [0.2, 0.25) is 0 Å². The first-order valence-electron chi connectivity index (χ1n) is 6.22. The molecule has 0 aliphatic carbocycles. The zero-order valence-corrected chi connectivity index (χ0v) is 13.1. The van der Waals surface area contributed by atoms with Gasteiger partial charge in [-0.05, 0) is 40.5 Å². The molecule has 0 amide bonds. The molecule has 0 radical (unpaired) electrons. The van der Waals surface area contributed by atoms with Gasteiger partial charge in [-0.15, -0.1) is 0 Å². The molecule has 1 rings (SSSR count). The molecule has 0 saturated carbocycles. The predicted octanol–water partition coefficient (Wildman–Crippen LogP) is 3.02. The Morgan fingerprint density at radius 2 is 2.05 bits per heavy atom. The van der Waals surface area contributed by atoms with Crippen molar-refractivity contribution in [3.8, 4) is 11.5 Å². The summed E-state index contributed by atoms with van der Waals surface area (Å²) in [5, 5.41) is 0. The first-order chi connectivity index (χ1) is 9.08. The summed E-state index contributed by atoms with van der Waals surface area (Å²) in [5.41, 5.74) is 6.20. The van der Waals surface area contributed by atoms with E-state index in [9.17, 15) is 4.79 Å². The summed E-state index contributed by atoms with van der Waals surface area (Å²) in [5.74, 6) is 1.39. The van der Waals surface area contributed by atoms with Crippen molar-refractivity contribution in [2.45, 2.75) is 19.8 Å². The number of carbonyl (C=O) groups excluding carboxylic acids is 1. The van der Waals surface area contributed by atoms with E-state index in [1.807, 2.05) is 6.92 Å². The minimum atomic E-state index is 0.0394. The second-order valence-electron chi connectivity index (χ2n) is 4.30. The van der Waals surface area contributed by atoms with Gasteiger partial charge in [0, 0.05) is 6.42 Å². The molecule has 0 spiro atoms. The van der Waals surface area contributed by atoms with Crippen LogP contribution in [0.4, 0.5) is 0 Å². The first-order valence-corrected chi connectivity index (χ1v) is 7.02. The fraction of sp³-hybridized carbons (Fsp3) is 0.500. The predicted molar refractivity (Wildman–Crippen MR) is 79.0 cm³/mol. The van der Waals surface area contributed by atoms with Gasteiger partial charge >= 0.3 is 0 Å². The van der Waals surface area contributed by atoms with Crippen LogP contribution in [-0.2, 0) is 0 Å². The minimum Gasteiger partial charge on any atom is -0.495 e. The van der Waals surface area contributed by atoms with Gasteiger partial charge in [-0.2, -0.15) is 0 Å². The number of halogens is 1. The number of Topliss-reactive ketones (excluding diaryl/α,β-unsaturated/α-hetero) is 1. The maximum atomic E-state index is 12.3. The molecule has 19 heavy (non-hydrogen) atoms. The summed E-state index contributed by atoms with van der Waals surface area (Å²) in [6.07, 6.45) is 1.32. The van der Waals surface area contributed by atoms with Crippen molar-refractivity contribution in [1.82, 2.24) is 0 Å². The Morgan fingerprint density at radius 1 is 1.37 bits per heavy atom. The van der Waals surface area contributed by atoms with Gasteiger partial charge in [-0.25, -0.2) is 0 Å². The van der Waals surface area contributed by atoms with Gasteiger partial charge in [0.05, 0.1) is 19.8 Å². The topological polar surface area (TPSA) is 61.6 Å². The molecule has 0 aliphatic rings. The lowest BCUT2D eigenvalue weighted by atomic mass is 9.95. The number of carbonyl (C=O) groups is 1. The second-order valence-corrected chi connectivity index (χ2v) is 5.09. The Hall–Kier alpha value is -1.07. The van der Waals surface area contributed by atoms with Gasteiger partial charge in [-0.3, -0.25) is 4.79 Å². The van der Waals surface area contributed by atoms with Crippen LogP contribution >= 0.6 is 15.9 Å². The van der Waals surface area contributed by atoms with Crippen LogP contribution in [0, 0.1) is 5.92 Å². The third kappa shape index (κ3) is 3.70. The molecular weight excluding hydrogens is 310 g/mol. The lowest BCUT2D eigenvalue weighted by molar-refractivity contribution is 0.0958. The van der Waals surface area contributed by atoms with Crippen LogP contribution in [0.3, 0.4) is 0 Å². The fourth-order valence-electron chi connectivity index (χ4n) is 1.88. The van der Waals surface area contributed by atoms with Crippen LogP contribution in [0.15, 0.2) is 16.6 Å². The quantitative estimate of drug-likeness (QED) is 0.781. The van der Waals surface area contributed by atoms with Gasteiger partial charge in [0.25, 0.3) is 0 Å². The molecule has 0 heterocycles.